The van der Waals surface area contributed by atoms with Gasteiger partial charge in [-0.25, -0.2) is 4.99 Å². The van der Waals surface area contributed by atoms with Crippen molar-refractivity contribution in [3.63, 3.8) is 0 Å². The summed E-state index contributed by atoms with van der Waals surface area (Å²) in [7, 11) is 0. The van der Waals surface area contributed by atoms with E-state index in [0.29, 0.717) is 5.76 Å². The van der Waals surface area contributed by atoms with Crippen LogP contribution in [0.3, 0.4) is 0 Å². The van der Waals surface area contributed by atoms with Crippen LogP contribution in [0.4, 0.5) is 5.69 Å². The van der Waals surface area contributed by atoms with Gasteiger partial charge in [-0.2, -0.15) is 0 Å². The van der Waals surface area contributed by atoms with Crippen LogP contribution in [0.25, 0.3) is 0 Å². The summed E-state index contributed by atoms with van der Waals surface area (Å²) in [5.74, 6) is 2.41. The number of aromatic nitrogens is 1. The average Bonchev–Trinajstić information content (AvgIpc) is 2.85. The zero-order chi connectivity index (χ0) is 11.5. The van der Waals surface area contributed by atoms with Crippen LogP contribution in [0.15, 0.2) is 32.3 Å². The van der Waals surface area contributed by atoms with Gasteiger partial charge in [0.15, 0.2) is 5.76 Å². The van der Waals surface area contributed by atoms with E-state index in [2.05, 4.69) is 10.1 Å². The monoisotopic (exact) mass is 218 g/mol. The van der Waals surface area contributed by atoms with Crippen molar-refractivity contribution in [3.05, 3.63) is 35.6 Å². The van der Waals surface area contributed by atoms with E-state index in [9.17, 15) is 0 Å². The zero-order valence-electron chi connectivity index (χ0n) is 9.65. The van der Waals surface area contributed by atoms with Crippen molar-refractivity contribution in [3.8, 4) is 0 Å². The molecule has 0 aliphatic carbocycles. The summed E-state index contributed by atoms with van der Waals surface area (Å²) in [6.45, 7) is 5.80. The van der Waals surface area contributed by atoms with Crippen LogP contribution in [-0.2, 0) is 0 Å². The molecule has 84 valence electrons. The quantitative estimate of drug-likeness (QED) is 0.742. The molecule has 0 saturated heterocycles. The lowest BCUT2D eigenvalue weighted by atomic mass is 10.2. The van der Waals surface area contributed by atoms with Gasteiger partial charge in [0.1, 0.15) is 17.2 Å². The minimum atomic E-state index is 0.717. The molecule has 0 fully saturated rings. The van der Waals surface area contributed by atoms with E-state index in [1.54, 1.807) is 6.20 Å². The molecule has 0 unspecified atom stereocenters. The molecular formula is C12H14N2O2. The van der Waals surface area contributed by atoms with Crippen LogP contribution in [-0.4, -0.2) is 10.9 Å². The van der Waals surface area contributed by atoms with E-state index in [4.69, 9.17) is 8.94 Å². The van der Waals surface area contributed by atoms with Gasteiger partial charge in [0.2, 0.25) is 0 Å². The van der Waals surface area contributed by atoms with Crippen molar-refractivity contribution >= 4 is 11.4 Å². The fraction of sp³-hybridized carbons (Fsp3) is 0.333. The van der Waals surface area contributed by atoms with Gasteiger partial charge >= 0.3 is 0 Å². The standard InChI is InChI=1S/C12H14N2O2/c1-4-10(12-6-5-8(2)15-12)14-11-7-13-16-9(11)3/h5-7H,4H2,1-3H3/b14-10+. The summed E-state index contributed by atoms with van der Waals surface area (Å²) in [6.07, 6.45) is 2.42. The Kier molecular flexibility index (Phi) is 2.90. The average molecular weight is 218 g/mol. The lowest BCUT2D eigenvalue weighted by Crippen LogP contribution is -1.95. The summed E-state index contributed by atoms with van der Waals surface area (Å²) in [5.41, 5.74) is 1.66. The molecule has 0 saturated carbocycles. The van der Waals surface area contributed by atoms with E-state index in [1.807, 2.05) is 32.9 Å². The van der Waals surface area contributed by atoms with Crippen LogP contribution in [0.2, 0.25) is 0 Å². The second-order valence-corrected chi connectivity index (χ2v) is 3.59. The van der Waals surface area contributed by atoms with Gasteiger partial charge in [0, 0.05) is 0 Å². The number of aliphatic imine (C=N–C) groups is 1. The number of aryl methyl sites for hydroxylation is 2. The molecule has 0 amide bonds. The van der Waals surface area contributed by atoms with Crippen molar-refractivity contribution in [1.82, 2.24) is 5.16 Å². The maximum atomic E-state index is 5.54. The number of hydrogen-bond acceptors (Lipinski definition) is 4. The maximum Gasteiger partial charge on any atom is 0.159 e. The highest BCUT2D eigenvalue weighted by atomic mass is 16.5. The predicted molar refractivity (Wildman–Crippen MR) is 61.2 cm³/mol. The Morgan fingerprint density at radius 3 is 2.69 bits per heavy atom. The van der Waals surface area contributed by atoms with Gasteiger partial charge in [-0.15, -0.1) is 0 Å². The van der Waals surface area contributed by atoms with Gasteiger partial charge < -0.3 is 8.94 Å². The highest BCUT2D eigenvalue weighted by Gasteiger charge is 2.08. The molecule has 0 aromatic carbocycles. The lowest BCUT2D eigenvalue weighted by Gasteiger charge is -1.98. The highest BCUT2D eigenvalue weighted by Crippen LogP contribution is 2.20. The summed E-state index contributed by atoms with van der Waals surface area (Å²) >= 11 is 0. The third-order valence-electron chi connectivity index (χ3n) is 2.34. The Bertz CT molecular complexity index is 509. The molecule has 0 bridgehead atoms. The first-order valence-electron chi connectivity index (χ1n) is 5.26. The van der Waals surface area contributed by atoms with Gasteiger partial charge in [-0.3, -0.25) is 0 Å². The van der Waals surface area contributed by atoms with Crippen LogP contribution in [0, 0.1) is 13.8 Å². The Labute approximate surface area is 94.0 Å². The molecule has 16 heavy (non-hydrogen) atoms. The summed E-state index contributed by atoms with van der Waals surface area (Å²) < 4.78 is 10.5. The number of hydrogen-bond donors (Lipinski definition) is 0. The van der Waals surface area contributed by atoms with Gasteiger partial charge in [-0.05, 0) is 32.4 Å². The second kappa shape index (κ2) is 4.35. The molecule has 0 radical (unpaired) electrons. The first-order chi connectivity index (χ1) is 7.70. The second-order valence-electron chi connectivity index (χ2n) is 3.59. The van der Waals surface area contributed by atoms with Crippen LogP contribution >= 0.6 is 0 Å². The summed E-state index contributed by atoms with van der Waals surface area (Å²) in [5, 5.41) is 3.70. The number of rotatable bonds is 3. The topological polar surface area (TPSA) is 51.5 Å². The Hall–Kier alpha value is -1.84. The fourth-order valence-electron chi connectivity index (χ4n) is 1.44. The SMILES string of the molecule is CC/C(=N\c1cnoc1C)c1ccc(C)o1. The van der Waals surface area contributed by atoms with Crippen LogP contribution in [0.5, 0.6) is 0 Å². The molecule has 4 heteroatoms. The Balaban J connectivity index is 2.36. The number of furan rings is 1. The smallest absolute Gasteiger partial charge is 0.159 e. The molecule has 2 aromatic rings. The molecule has 0 N–H and O–H groups in total. The molecule has 0 aliphatic heterocycles. The molecule has 0 spiro atoms. The van der Waals surface area contributed by atoms with Crippen molar-refractivity contribution in [2.75, 3.05) is 0 Å². The lowest BCUT2D eigenvalue weighted by molar-refractivity contribution is 0.398. The van der Waals surface area contributed by atoms with E-state index >= 15 is 0 Å². The van der Waals surface area contributed by atoms with Gasteiger partial charge in [0.05, 0.1) is 11.9 Å². The maximum absolute atomic E-state index is 5.54. The first-order valence-corrected chi connectivity index (χ1v) is 5.26. The first kappa shape index (κ1) is 10.7. The zero-order valence-corrected chi connectivity index (χ0v) is 9.65. The molecule has 2 rings (SSSR count). The van der Waals surface area contributed by atoms with E-state index in [0.717, 1.165) is 29.3 Å². The van der Waals surface area contributed by atoms with Crippen molar-refractivity contribution in [1.29, 1.82) is 0 Å². The van der Waals surface area contributed by atoms with Crippen LogP contribution in [0.1, 0.15) is 30.6 Å². The highest BCUT2D eigenvalue weighted by molar-refractivity contribution is 5.99. The minimum Gasteiger partial charge on any atom is -0.460 e. The van der Waals surface area contributed by atoms with Crippen molar-refractivity contribution in [2.24, 2.45) is 4.99 Å². The normalized spacial score (nSPS) is 12.1. The van der Waals surface area contributed by atoms with Crippen molar-refractivity contribution in [2.45, 2.75) is 27.2 Å². The van der Waals surface area contributed by atoms with Gasteiger partial charge in [-0.1, -0.05) is 12.1 Å². The third-order valence-corrected chi connectivity index (χ3v) is 2.34. The fourth-order valence-corrected chi connectivity index (χ4v) is 1.44. The third kappa shape index (κ3) is 2.05. The van der Waals surface area contributed by atoms with Crippen LogP contribution < -0.4 is 0 Å². The minimum absolute atomic E-state index is 0.717. The largest absolute Gasteiger partial charge is 0.460 e. The molecular weight excluding hydrogens is 204 g/mol. The summed E-state index contributed by atoms with van der Waals surface area (Å²) in [6, 6.07) is 3.86. The molecule has 0 atom stereocenters. The number of nitrogens with zero attached hydrogens (tertiary/aromatic N) is 2. The van der Waals surface area contributed by atoms with E-state index in [-0.39, 0.29) is 0 Å². The Morgan fingerprint density at radius 1 is 1.38 bits per heavy atom. The molecule has 4 nitrogen and oxygen atoms in total. The Morgan fingerprint density at radius 2 is 2.19 bits per heavy atom. The summed E-state index contributed by atoms with van der Waals surface area (Å²) in [4.78, 5) is 4.49. The van der Waals surface area contributed by atoms with E-state index in [1.165, 1.54) is 0 Å². The van der Waals surface area contributed by atoms with Crippen molar-refractivity contribution < 1.29 is 8.94 Å². The van der Waals surface area contributed by atoms with Gasteiger partial charge in [0.25, 0.3) is 0 Å². The predicted octanol–water partition coefficient (Wildman–Crippen LogP) is 3.42. The van der Waals surface area contributed by atoms with E-state index < -0.39 is 0 Å². The molecule has 2 aromatic heterocycles. The molecule has 2 heterocycles. The molecule has 0 aliphatic rings.